The van der Waals surface area contributed by atoms with Gasteiger partial charge in [-0.15, -0.1) is 0 Å². The van der Waals surface area contributed by atoms with Crippen LogP contribution in [0.25, 0.3) is 16.7 Å². The second kappa shape index (κ2) is 14.0. The molecule has 2 atom stereocenters. The summed E-state index contributed by atoms with van der Waals surface area (Å²) >= 11 is 0. The van der Waals surface area contributed by atoms with Crippen LogP contribution < -0.4 is 14.4 Å². The van der Waals surface area contributed by atoms with Crippen LogP contribution in [0.2, 0.25) is 0 Å². The van der Waals surface area contributed by atoms with Crippen molar-refractivity contribution >= 4 is 29.0 Å². The molecule has 1 amide bonds. The molecule has 254 valence electrons. The Morgan fingerprint density at radius 2 is 1.75 bits per heavy atom. The molecule has 4 aromatic rings. The first kappa shape index (κ1) is 33.0. The minimum absolute atomic E-state index is 0.0101. The van der Waals surface area contributed by atoms with Gasteiger partial charge in [0.05, 0.1) is 32.0 Å². The largest absolute Gasteiger partial charge is 0.491 e. The lowest BCUT2D eigenvalue weighted by Crippen LogP contribution is -2.70. The standard InChI is InChI=1S/C35H41FN6O6/c1-35(2,3)48-34(44)40-20-25-18-26(21-40)41(25)33-38-31-27(32(39-33)47-22-23-11-7-5-8-12-23)19-37-42(31)28-15-14-24(36)17-29(28)46-16-10-6-9-13-30(43)45-4/h5,7-8,11-12,14-15,17,19,25-26H,6,9-10,13,16,18,20-22H2,1-4H3/t25-,26+. The summed E-state index contributed by atoms with van der Waals surface area (Å²) in [6, 6.07) is 14.1. The first-order valence-corrected chi connectivity index (χ1v) is 16.3. The molecular weight excluding hydrogens is 619 g/mol. The fourth-order valence-corrected chi connectivity index (χ4v) is 6.02. The molecule has 0 aliphatic carbocycles. The zero-order valence-corrected chi connectivity index (χ0v) is 27.7. The van der Waals surface area contributed by atoms with Gasteiger partial charge in [0, 0.05) is 25.6 Å². The summed E-state index contributed by atoms with van der Waals surface area (Å²) in [5, 5.41) is 5.23. The zero-order valence-electron chi connectivity index (χ0n) is 27.7. The molecule has 0 N–H and O–H groups in total. The number of likely N-dealkylation sites (tertiary alicyclic amines) is 1. The van der Waals surface area contributed by atoms with Crippen LogP contribution in [-0.4, -0.2) is 81.2 Å². The Labute approximate surface area is 278 Å². The summed E-state index contributed by atoms with van der Waals surface area (Å²) in [6.45, 7) is 7.16. The van der Waals surface area contributed by atoms with Crippen LogP contribution in [0.15, 0.2) is 54.7 Å². The highest BCUT2D eigenvalue weighted by Crippen LogP contribution is 2.39. The third kappa shape index (κ3) is 7.45. The van der Waals surface area contributed by atoms with Crippen LogP contribution >= 0.6 is 0 Å². The Balaban J connectivity index is 1.28. The number of anilines is 1. The summed E-state index contributed by atoms with van der Waals surface area (Å²) in [4.78, 5) is 38.0. The Bertz CT molecular complexity index is 1750. The first-order chi connectivity index (χ1) is 23.1. The number of piperazine rings is 1. The molecule has 4 heterocycles. The van der Waals surface area contributed by atoms with Crippen LogP contribution in [0, 0.1) is 5.82 Å². The van der Waals surface area contributed by atoms with E-state index in [4.69, 9.17) is 28.9 Å². The van der Waals surface area contributed by atoms with Crippen LogP contribution in [0.4, 0.5) is 15.1 Å². The van der Waals surface area contributed by atoms with Gasteiger partial charge in [0.1, 0.15) is 34.8 Å². The molecule has 2 aliphatic heterocycles. The van der Waals surface area contributed by atoms with Crippen molar-refractivity contribution in [2.45, 2.75) is 77.2 Å². The third-order valence-corrected chi connectivity index (χ3v) is 8.34. The number of benzene rings is 2. The number of piperidine rings is 1. The van der Waals surface area contributed by atoms with Gasteiger partial charge < -0.3 is 28.7 Å². The number of amides is 1. The molecule has 2 aromatic heterocycles. The van der Waals surface area contributed by atoms with Gasteiger partial charge in [0.2, 0.25) is 11.8 Å². The number of carbonyl (C=O) groups is 2. The molecular formula is C35H41FN6O6. The van der Waals surface area contributed by atoms with Crippen LogP contribution in [0.3, 0.4) is 0 Å². The van der Waals surface area contributed by atoms with Crippen molar-refractivity contribution in [2.75, 3.05) is 31.7 Å². The van der Waals surface area contributed by atoms with Gasteiger partial charge in [-0.1, -0.05) is 30.3 Å². The van der Waals surface area contributed by atoms with Crippen molar-refractivity contribution in [3.05, 3.63) is 66.1 Å². The maximum atomic E-state index is 14.5. The number of nitrogens with zero attached hydrogens (tertiary/aromatic N) is 6. The highest BCUT2D eigenvalue weighted by atomic mass is 19.1. The summed E-state index contributed by atoms with van der Waals surface area (Å²) < 4.78 is 38.7. The number of halogens is 1. The predicted molar refractivity (Wildman–Crippen MR) is 176 cm³/mol. The number of esters is 1. The van der Waals surface area contributed by atoms with Gasteiger partial charge in [-0.05, 0) is 64.2 Å². The smallest absolute Gasteiger partial charge is 0.410 e. The fraction of sp³-hybridized carbons (Fsp3) is 0.457. The Kier molecular flexibility index (Phi) is 9.65. The maximum Gasteiger partial charge on any atom is 0.410 e. The molecule has 13 heteroatoms. The number of rotatable bonds is 12. The second-order valence-electron chi connectivity index (χ2n) is 13.1. The quantitative estimate of drug-likeness (QED) is 0.135. The molecule has 48 heavy (non-hydrogen) atoms. The summed E-state index contributed by atoms with van der Waals surface area (Å²) in [6.07, 6.45) is 4.66. The van der Waals surface area contributed by atoms with E-state index >= 15 is 0 Å². The van der Waals surface area contributed by atoms with E-state index in [1.807, 2.05) is 51.1 Å². The first-order valence-electron chi connectivity index (χ1n) is 16.3. The van der Waals surface area contributed by atoms with Crippen molar-refractivity contribution in [1.82, 2.24) is 24.6 Å². The molecule has 0 spiro atoms. The SMILES string of the molecule is COC(=O)CCCCCOc1cc(F)ccc1-n1ncc2c(OCc3ccccc3)nc(N3[C@@H]4C[C@H]3CN(C(=O)OC(C)(C)C)C4)nc21. The number of fused-ring (bicyclic) bond motifs is 3. The number of aromatic nitrogens is 4. The average molecular weight is 661 g/mol. The monoisotopic (exact) mass is 660 g/mol. The van der Waals surface area contributed by atoms with E-state index in [2.05, 4.69) is 10.00 Å². The van der Waals surface area contributed by atoms with Crippen LogP contribution in [0.5, 0.6) is 11.6 Å². The highest BCUT2D eigenvalue weighted by molar-refractivity contribution is 5.83. The number of unbranched alkanes of at least 4 members (excludes halogenated alkanes) is 2. The van der Waals surface area contributed by atoms with Crippen molar-refractivity contribution in [1.29, 1.82) is 0 Å². The summed E-state index contributed by atoms with van der Waals surface area (Å²) in [5.41, 5.74) is 1.39. The van der Waals surface area contributed by atoms with E-state index in [1.54, 1.807) is 21.8 Å². The van der Waals surface area contributed by atoms with E-state index in [0.717, 1.165) is 18.4 Å². The Hall–Kier alpha value is -4.94. The third-order valence-electron chi connectivity index (χ3n) is 8.34. The van der Waals surface area contributed by atoms with Gasteiger partial charge in [-0.3, -0.25) is 4.79 Å². The maximum absolute atomic E-state index is 14.5. The van der Waals surface area contributed by atoms with E-state index < -0.39 is 11.4 Å². The lowest BCUT2D eigenvalue weighted by atomic mass is 9.88. The second-order valence-corrected chi connectivity index (χ2v) is 13.1. The van der Waals surface area contributed by atoms with Gasteiger partial charge in [0.25, 0.3) is 0 Å². The van der Waals surface area contributed by atoms with Gasteiger partial charge in [-0.25, -0.2) is 13.9 Å². The Morgan fingerprint density at radius 3 is 2.48 bits per heavy atom. The van der Waals surface area contributed by atoms with E-state index in [0.29, 0.717) is 73.3 Å². The molecule has 2 fully saturated rings. The minimum atomic E-state index is -0.580. The lowest BCUT2D eigenvalue weighted by molar-refractivity contribution is -0.140. The minimum Gasteiger partial charge on any atom is -0.491 e. The zero-order chi connectivity index (χ0) is 33.8. The topological polar surface area (TPSA) is 121 Å². The molecule has 6 rings (SSSR count). The number of hydrogen-bond acceptors (Lipinski definition) is 10. The van der Waals surface area contributed by atoms with Crippen LogP contribution in [-0.2, 0) is 20.9 Å². The van der Waals surface area contributed by atoms with Gasteiger partial charge in [0.15, 0.2) is 5.65 Å². The molecule has 0 unspecified atom stereocenters. The lowest BCUT2D eigenvalue weighted by Gasteiger charge is -2.55. The van der Waals surface area contributed by atoms with E-state index in [9.17, 15) is 14.0 Å². The molecule has 12 nitrogen and oxygen atoms in total. The molecule has 2 aromatic carbocycles. The molecule has 0 radical (unpaired) electrons. The van der Waals surface area contributed by atoms with Crippen molar-refractivity contribution in [3.63, 3.8) is 0 Å². The van der Waals surface area contributed by atoms with Gasteiger partial charge >= 0.3 is 12.1 Å². The number of carbonyl (C=O) groups excluding carboxylic acids is 2. The van der Waals surface area contributed by atoms with Crippen molar-refractivity contribution in [3.8, 4) is 17.3 Å². The highest BCUT2D eigenvalue weighted by Gasteiger charge is 2.48. The normalized spacial score (nSPS) is 17.2. The molecule has 2 aliphatic rings. The average Bonchev–Trinajstić information content (AvgIpc) is 3.48. The van der Waals surface area contributed by atoms with E-state index in [1.165, 1.54) is 19.2 Å². The molecule has 2 saturated heterocycles. The number of ether oxygens (including phenoxy) is 4. The summed E-state index contributed by atoms with van der Waals surface area (Å²) in [7, 11) is 1.37. The van der Waals surface area contributed by atoms with Crippen molar-refractivity contribution in [2.24, 2.45) is 0 Å². The fourth-order valence-electron chi connectivity index (χ4n) is 6.02. The number of methoxy groups -OCH3 is 1. The van der Waals surface area contributed by atoms with E-state index in [-0.39, 0.29) is 30.8 Å². The van der Waals surface area contributed by atoms with Crippen molar-refractivity contribution < 1.29 is 32.9 Å². The van der Waals surface area contributed by atoms with Crippen LogP contribution in [0.1, 0.15) is 58.4 Å². The summed E-state index contributed by atoms with van der Waals surface area (Å²) in [5.74, 6) is 0.459. The Morgan fingerprint density at radius 1 is 0.979 bits per heavy atom. The molecule has 2 bridgehead atoms. The van der Waals surface area contributed by atoms with Gasteiger partial charge in [-0.2, -0.15) is 15.1 Å². The molecule has 0 saturated carbocycles. The number of hydrogen-bond donors (Lipinski definition) is 0. The predicted octanol–water partition coefficient (Wildman–Crippen LogP) is 5.84.